The maximum atomic E-state index is 11.5. The van der Waals surface area contributed by atoms with E-state index in [1.807, 2.05) is 6.07 Å². The molecule has 0 unspecified atom stereocenters. The van der Waals surface area contributed by atoms with Crippen LogP contribution < -0.4 is 0 Å². The van der Waals surface area contributed by atoms with Crippen molar-refractivity contribution in [3.05, 3.63) is 40.6 Å². The van der Waals surface area contributed by atoms with Crippen LogP contribution in [0.1, 0.15) is 10.4 Å². The van der Waals surface area contributed by atoms with Crippen LogP contribution in [0.4, 0.5) is 0 Å². The standard InChI is InChI=1S/C11H8BrNO2/c1-15-11(14)10-5-8(12)4-7-6-13-3-2-9(7)10/h2-6H,1H3. The molecule has 0 spiro atoms. The molecule has 2 aromatic rings. The van der Waals surface area contributed by atoms with E-state index in [-0.39, 0.29) is 5.97 Å². The molecule has 15 heavy (non-hydrogen) atoms. The molecule has 4 heteroatoms. The van der Waals surface area contributed by atoms with Gasteiger partial charge in [-0.2, -0.15) is 0 Å². The number of carbonyl (C=O) groups is 1. The second-order valence-corrected chi connectivity index (χ2v) is 3.96. The summed E-state index contributed by atoms with van der Waals surface area (Å²) in [6, 6.07) is 5.46. The van der Waals surface area contributed by atoms with E-state index in [9.17, 15) is 4.79 Å². The van der Waals surface area contributed by atoms with Crippen molar-refractivity contribution >= 4 is 32.7 Å². The van der Waals surface area contributed by atoms with Crippen LogP contribution in [-0.2, 0) is 4.74 Å². The number of aromatic nitrogens is 1. The number of hydrogen-bond acceptors (Lipinski definition) is 3. The van der Waals surface area contributed by atoms with E-state index in [0.29, 0.717) is 5.56 Å². The van der Waals surface area contributed by atoms with Crippen molar-refractivity contribution < 1.29 is 9.53 Å². The van der Waals surface area contributed by atoms with Crippen LogP contribution in [0.2, 0.25) is 0 Å². The van der Waals surface area contributed by atoms with Gasteiger partial charge in [0, 0.05) is 22.3 Å². The third kappa shape index (κ3) is 1.85. The molecule has 0 saturated carbocycles. The second-order valence-electron chi connectivity index (χ2n) is 3.04. The van der Waals surface area contributed by atoms with E-state index >= 15 is 0 Å². The number of carbonyl (C=O) groups excluding carboxylic acids is 1. The van der Waals surface area contributed by atoms with E-state index in [0.717, 1.165) is 15.2 Å². The third-order valence-electron chi connectivity index (χ3n) is 2.12. The Bertz CT molecular complexity index is 525. The average molecular weight is 266 g/mol. The zero-order valence-corrected chi connectivity index (χ0v) is 9.61. The fraction of sp³-hybridized carbons (Fsp3) is 0.0909. The molecule has 2 rings (SSSR count). The fourth-order valence-electron chi connectivity index (χ4n) is 1.45. The van der Waals surface area contributed by atoms with Gasteiger partial charge >= 0.3 is 5.97 Å². The number of pyridine rings is 1. The molecule has 0 N–H and O–H groups in total. The zero-order chi connectivity index (χ0) is 10.8. The number of benzene rings is 1. The molecule has 0 radical (unpaired) electrons. The number of rotatable bonds is 1. The van der Waals surface area contributed by atoms with Gasteiger partial charge in [-0.25, -0.2) is 4.79 Å². The number of halogens is 1. The van der Waals surface area contributed by atoms with Crippen LogP contribution in [0, 0.1) is 0 Å². The number of esters is 1. The van der Waals surface area contributed by atoms with Gasteiger partial charge in [-0.3, -0.25) is 4.98 Å². The van der Waals surface area contributed by atoms with Crippen molar-refractivity contribution in [3.8, 4) is 0 Å². The molecule has 0 fully saturated rings. The molecule has 0 aliphatic carbocycles. The first kappa shape index (κ1) is 10.1. The molecule has 1 aromatic heterocycles. The minimum Gasteiger partial charge on any atom is -0.465 e. The largest absolute Gasteiger partial charge is 0.465 e. The molecular formula is C11H8BrNO2. The Morgan fingerprint density at radius 2 is 2.27 bits per heavy atom. The highest BCUT2D eigenvalue weighted by Gasteiger charge is 2.10. The summed E-state index contributed by atoms with van der Waals surface area (Å²) < 4.78 is 5.56. The summed E-state index contributed by atoms with van der Waals surface area (Å²) in [5.74, 6) is -0.340. The highest BCUT2D eigenvalue weighted by Crippen LogP contribution is 2.23. The molecule has 1 heterocycles. The normalized spacial score (nSPS) is 10.3. The predicted octanol–water partition coefficient (Wildman–Crippen LogP) is 2.78. The average Bonchev–Trinajstić information content (AvgIpc) is 2.26. The van der Waals surface area contributed by atoms with Crippen molar-refractivity contribution in [2.45, 2.75) is 0 Å². The number of nitrogens with zero attached hydrogens (tertiary/aromatic N) is 1. The van der Waals surface area contributed by atoms with Crippen LogP contribution >= 0.6 is 15.9 Å². The number of hydrogen-bond donors (Lipinski definition) is 0. The Kier molecular flexibility index (Phi) is 2.68. The maximum absolute atomic E-state index is 11.5. The van der Waals surface area contributed by atoms with Gasteiger partial charge < -0.3 is 4.74 Å². The SMILES string of the molecule is COC(=O)c1cc(Br)cc2cnccc12. The van der Waals surface area contributed by atoms with E-state index in [4.69, 9.17) is 4.74 Å². The van der Waals surface area contributed by atoms with Crippen molar-refractivity contribution in [1.82, 2.24) is 4.98 Å². The summed E-state index contributed by atoms with van der Waals surface area (Å²) in [5, 5.41) is 1.76. The summed E-state index contributed by atoms with van der Waals surface area (Å²) in [5.41, 5.74) is 0.546. The minimum absolute atomic E-state index is 0.340. The minimum atomic E-state index is -0.340. The molecule has 3 nitrogen and oxygen atoms in total. The Balaban J connectivity index is 2.76. The van der Waals surface area contributed by atoms with E-state index in [1.165, 1.54) is 7.11 Å². The van der Waals surface area contributed by atoms with Gasteiger partial charge in [0.1, 0.15) is 0 Å². The van der Waals surface area contributed by atoms with Crippen molar-refractivity contribution in [1.29, 1.82) is 0 Å². The smallest absolute Gasteiger partial charge is 0.338 e. The van der Waals surface area contributed by atoms with Crippen LogP contribution in [0.3, 0.4) is 0 Å². The highest BCUT2D eigenvalue weighted by atomic mass is 79.9. The van der Waals surface area contributed by atoms with Gasteiger partial charge in [0.05, 0.1) is 12.7 Å². The van der Waals surface area contributed by atoms with Gasteiger partial charge in [0.15, 0.2) is 0 Å². The van der Waals surface area contributed by atoms with Crippen molar-refractivity contribution in [3.63, 3.8) is 0 Å². The van der Waals surface area contributed by atoms with Crippen molar-refractivity contribution in [2.24, 2.45) is 0 Å². The van der Waals surface area contributed by atoms with Crippen LogP contribution in [0.25, 0.3) is 10.8 Å². The Morgan fingerprint density at radius 3 is 3.00 bits per heavy atom. The number of ether oxygens (including phenoxy) is 1. The maximum Gasteiger partial charge on any atom is 0.338 e. The van der Waals surface area contributed by atoms with E-state index in [2.05, 4.69) is 20.9 Å². The predicted molar refractivity (Wildman–Crippen MR) is 60.8 cm³/mol. The summed E-state index contributed by atoms with van der Waals surface area (Å²) in [6.07, 6.45) is 3.37. The Hall–Kier alpha value is -1.42. The molecule has 0 bridgehead atoms. The molecular weight excluding hydrogens is 258 g/mol. The monoisotopic (exact) mass is 265 g/mol. The Labute approximate surface area is 95.2 Å². The number of methoxy groups -OCH3 is 1. The van der Waals surface area contributed by atoms with Crippen LogP contribution in [0.5, 0.6) is 0 Å². The second kappa shape index (κ2) is 3.98. The highest BCUT2D eigenvalue weighted by molar-refractivity contribution is 9.10. The van der Waals surface area contributed by atoms with Crippen LogP contribution in [0.15, 0.2) is 35.1 Å². The summed E-state index contributed by atoms with van der Waals surface area (Å²) in [7, 11) is 1.37. The molecule has 0 aliphatic rings. The first-order chi connectivity index (χ1) is 7.22. The number of fused-ring (bicyclic) bond motifs is 1. The lowest BCUT2D eigenvalue weighted by molar-refractivity contribution is 0.0603. The molecule has 1 aromatic carbocycles. The Morgan fingerprint density at radius 1 is 1.47 bits per heavy atom. The fourth-order valence-corrected chi connectivity index (χ4v) is 1.93. The van der Waals surface area contributed by atoms with Gasteiger partial charge in [-0.05, 0) is 23.6 Å². The molecule has 0 aliphatic heterocycles. The quantitative estimate of drug-likeness (QED) is 0.745. The zero-order valence-electron chi connectivity index (χ0n) is 8.03. The van der Waals surface area contributed by atoms with Gasteiger partial charge in [-0.15, -0.1) is 0 Å². The van der Waals surface area contributed by atoms with E-state index in [1.54, 1.807) is 24.5 Å². The van der Waals surface area contributed by atoms with Gasteiger partial charge in [-0.1, -0.05) is 15.9 Å². The molecule has 0 atom stereocenters. The molecule has 0 amide bonds. The summed E-state index contributed by atoms with van der Waals surface area (Å²) >= 11 is 3.35. The molecule has 0 saturated heterocycles. The summed E-state index contributed by atoms with van der Waals surface area (Å²) in [6.45, 7) is 0. The topological polar surface area (TPSA) is 39.2 Å². The first-order valence-corrected chi connectivity index (χ1v) is 5.13. The van der Waals surface area contributed by atoms with Crippen LogP contribution in [-0.4, -0.2) is 18.1 Å². The first-order valence-electron chi connectivity index (χ1n) is 4.34. The van der Waals surface area contributed by atoms with Crippen molar-refractivity contribution in [2.75, 3.05) is 7.11 Å². The van der Waals surface area contributed by atoms with E-state index < -0.39 is 0 Å². The molecule has 76 valence electrons. The van der Waals surface area contributed by atoms with Gasteiger partial charge in [0.25, 0.3) is 0 Å². The lowest BCUT2D eigenvalue weighted by Gasteiger charge is -2.05. The third-order valence-corrected chi connectivity index (χ3v) is 2.58. The lowest BCUT2D eigenvalue weighted by Crippen LogP contribution is -2.02. The lowest BCUT2D eigenvalue weighted by atomic mass is 10.1. The summed E-state index contributed by atoms with van der Waals surface area (Å²) in [4.78, 5) is 15.5. The van der Waals surface area contributed by atoms with Gasteiger partial charge in [0.2, 0.25) is 0 Å².